The molecular formula is C11H15N3O2. The number of nitrogens with two attached hydrogens (primary N) is 1. The molecule has 86 valence electrons. The van der Waals surface area contributed by atoms with Gasteiger partial charge in [-0.25, -0.2) is 4.98 Å². The van der Waals surface area contributed by atoms with Crippen LogP contribution >= 0.6 is 0 Å². The molecule has 1 heterocycles. The van der Waals surface area contributed by atoms with Gasteiger partial charge in [-0.05, 0) is 37.8 Å². The van der Waals surface area contributed by atoms with Crippen molar-refractivity contribution in [2.24, 2.45) is 10.9 Å². The van der Waals surface area contributed by atoms with E-state index in [4.69, 9.17) is 15.7 Å². The van der Waals surface area contributed by atoms with E-state index in [1.807, 2.05) is 0 Å². The Hall–Kier alpha value is -1.78. The Morgan fingerprint density at radius 3 is 2.94 bits per heavy atom. The quantitative estimate of drug-likeness (QED) is 0.351. The molecule has 0 bridgehead atoms. The minimum atomic E-state index is -0.0198. The third kappa shape index (κ3) is 2.24. The Bertz CT molecular complexity index is 387. The minimum Gasteiger partial charge on any atom is -0.488 e. The van der Waals surface area contributed by atoms with Crippen molar-refractivity contribution in [2.45, 2.75) is 31.8 Å². The third-order valence-electron chi connectivity index (χ3n) is 2.72. The van der Waals surface area contributed by atoms with Crippen molar-refractivity contribution in [2.75, 3.05) is 0 Å². The van der Waals surface area contributed by atoms with Crippen LogP contribution in [-0.2, 0) is 0 Å². The van der Waals surface area contributed by atoms with Gasteiger partial charge in [0.25, 0.3) is 0 Å². The fraction of sp³-hybridized carbons (Fsp3) is 0.455. The van der Waals surface area contributed by atoms with Crippen LogP contribution in [0.2, 0.25) is 0 Å². The molecule has 3 N–H and O–H groups in total. The first-order chi connectivity index (χ1) is 7.81. The standard InChI is InChI=1S/C11H15N3O2/c12-11(14-15)10-9(6-3-7-13-10)16-8-4-1-2-5-8/h3,6-8,15H,1-2,4-5H2,(H2,12,14). The maximum atomic E-state index is 8.64. The summed E-state index contributed by atoms with van der Waals surface area (Å²) in [5.74, 6) is 0.568. The monoisotopic (exact) mass is 221 g/mol. The molecule has 0 unspecified atom stereocenters. The summed E-state index contributed by atoms with van der Waals surface area (Å²) in [6.07, 6.45) is 6.34. The highest BCUT2D eigenvalue weighted by atomic mass is 16.5. The van der Waals surface area contributed by atoms with Crippen molar-refractivity contribution in [3.8, 4) is 5.75 Å². The average molecular weight is 221 g/mol. The molecule has 2 rings (SSSR count). The summed E-state index contributed by atoms with van der Waals surface area (Å²) in [5, 5.41) is 11.6. The number of oxime groups is 1. The number of nitrogens with zero attached hydrogens (tertiary/aromatic N) is 2. The van der Waals surface area contributed by atoms with E-state index in [0.717, 1.165) is 12.8 Å². The van der Waals surface area contributed by atoms with E-state index in [-0.39, 0.29) is 11.9 Å². The first-order valence-electron chi connectivity index (χ1n) is 5.41. The van der Waals surface area contributed by atoms with Gasteiger partial charge in [0.2, 0.25) is 0 Å². The predicted molar refractivity (Wildman–Crippen MR) is 59.6 cm³/mol. The summed E-state index contributed by atoms with van der Waals surface area (Å²) in [4.78, 5) is 4.05. The number of amidine groups is 1. The second-order valence-electron chi connectivity index (χ2n) is 3.86. The van der Waals surface area contributed by atoms with Crippen LogP contribution in [0.3, 0.4) is 0 Å². The molecule has 5 heteroatoms. The van der Waals surface area contributed by atoms with E-state index in [0.29, 0.717) is 11.4 Å². The SMILES string of the molecule is N/C(=N/O)c1ncccc1OC1CCCC1. The van der Waals surface area contributed by atoms with Crippen LogP contribution < -0.4 is 10.5 Å². The van der Waals surface area contributed by atoms with Crippen LogP contribution in [0.25, 0.3) is 0 Å². The highest BCUT2D eigenvalue weighted by Gasteiger charge is 2.19. The number of hydrogen-bond acceptors (Lipinski definition) is 4. The van der Waals surface area contributed by atoms with Crippen LogP contribution in [-0.4, -0.2) is 22.1 Å². The molecule has 0 amide bonds. The van der Waals surface area contributed by atoms with Crippen molar-refractivity contribution < 1.29 is 9.94 Å². The number of ether oxygens (including phenoxy) is 1. The Labute approximate surface area is 93.9 Å². The van der Waals surface area contributed by atoms with Gasteiger partial charge in [0, 0.05) is 6.20 Å². The van der Waals surface area contributed by atoms with Gasteiger partial charge in [0.1, 0.15) is 5.75 Å². The topological polar surface area (TPSA) is 80.7 Å². The van der Waals surface area contributed by atoms with Crippen molar-refractivity contribution >= 4 is 5.84 Å². The summed E-state index contributed by atoms with van der Waals surface area (Å²) >= 11 is 0. The van der Waals surface area contributed by atoms with E-state index in [2.05, 4.69) is 10.1 Å². The van der Waals surface area contributed by atoms with Crippen LogP contribution in [0.1, 0.15) is 31.4 Å². The second kappa shape index (κ2) is 4.83. The van der Waals surface area contributed by atoms with Crippen LogP contribution in [0.4, 0.5) is 0 Å². The smallest absolute Gasteiger partial charge is 0.192 e. The van der Waals surface area contributed by atoms with Gasteiger partial charge in [-0.1, -0.05) is 5.16 Å². The average Bonchev–Trinajstić information content (AvgIpc) is 2.82. The maximum Gasteiger partial charge on any atom is 0.192 e. The lowest BCUT2D eigenvalue weighted by molar-refractivity contribution is 0.208. The maximum absolute atomic E-state index is 8.64. The van der Waals surface area contributed by atoms with Gasteiger partial charge in [-0.2, -0.15) is 0 Å². The molecule has 0 aliphatic heterocycles. The van der Waals surface area contributed by atoms with Crippen molar-refractivity contribution in [1.82, 2.24) is 4.98 Å². The van der Waals surface area contributed by atoms with E-state index >= 15 is 0 Å². The lowest BCUT2D eigenvalue weighted by Crippen LogP contribution is -2.19. The van der Waals surface area contributed by atoms with Gasteiger partial charge in [-0.3, -0.25) is 0 Å². The van der Waals surface area contributed by atoms with E-state index < -0.39 is 0 Å². The van der Waals surface area contributed by atoms with Crippen LogP contribution in [0, 0.1) is 0 Å². The normalized spacial score (nSPS) is 17.6. The highest BCUT2D eigenvalue weighted by molar-refractivity contribution is 5.97. The zero-order valence-corrected chi connectivity index (χ0v) is 8.97. The largest absolute Gasteiger partial charge is 0.488 e. The molecule has 0 atom stereocenters. The summed E-state index contributed by atoms with van der Waals surface area (Å²) in [6, 6.07) is 3.57. The zero-order valence-electron chi connectivity index (χ0n) is 8.97. The molecule has 1 saturated carbocycles. The van der Waals surface area contributed by atoms with E-state index in [1.54, 1.807) is 18.3 Å². The van der Waals surface area contributed by atoms with Gasteiger partial charge in [0.05, 0.1) is 6.10 Å². The molecule has 1 aromatic rings. The number of pyridine rings is 1. The molecule has 1 aromatic heterocycles. The summed E-state index contributed by atoms with van der Waals surface area (Å²) < 4.78 is 5.79. The van der Waals surface area contributed by atoms with Crippen molar-refractivity contribution in [3.05, 3.63) is 24.0 Å². The third-order valence-corrected chi connectivity index (χ3v) is 2.72. The van der Waals surface area contributed by atoms with Gasteiger partial charge in [0.15, 0.2) is 11.5 Å². The molecule has 5 nitrogen and oxygen atoms in total. The minimum absolute atomic E-state index is 0.0198. The molecule has 16 heavy (non-hydrogen) atoms. The fourth-order valence-electron chi connectivity index (χ4n) is 1.91. The van der Waals surface area contributed by atoms with Gasteiger partial charge >= 0.3 is 0 Å². The molecule has 0 saturated heterocycles. The van der Waals surface area contributed by atoms with Gasteiger partial charge < -0.3 is 15.7 Å². The number of rotatable bonds is 3. The molecule has 0 radical (unpaired) electrons. The van der Waals surface area contributed by atoms with Crippen molar-refractivity contribution in [1.29, 1.82) is 0 Å². The van der Waals surface area contributed by atoms with Gasteiger partial charge in [-0.15, -0.1) is 0 Å². The Kier molecular flexibility index (Phi) is 3.24. The number of hydrogen-bond donors (Lipinski definition) is 2. The molecule has 1 aliphatic carbocycles. The predicted octanol–water partition coefficient (Wildman–Crippen LogP) is 1.50. The van der Waals surface area contributed by atoms with E-state index in [1.165, 1.54) is 12.8 Å². The molecule has 0 spiro atoms. The first-order valence-corrected chi connectivity index (χ1v) is 5.41. The first kappa shape index (κ1) is 10.7. The molecule has 0 aromatic carbocycles. The lowest BCUT2D eigenvalue weighted by atomic mass is 10.2. The lowest BCUT2D eigenvalue weighted by Gasteiger charge is -2.14. The molecule has 1 aliphatic rings. The fourth-order valence-corrected chi connectivity index (χ4v) is 1.91. The summed E-state index contributed by atoms with van der Waals surface area (Å²) in [7, 11) is 0. The zero-order chi connectivity index (χ0) is 11.4. The highest BCUT2D eigenvalue weighted by Crippen LogP contribution is 2.25. The van der Waals surface area contributed by atoms with Crippen LogP contribution in [0.5, 0.6) is 5.75 Å². The summed E-state index contributed by atoms with van der Waals surface area (Å²) in [5.41, 5.74) is 5.93. The Balaban J connectivity index is 2.19. The second-order valence-corrected chi connectivity index (χ2v) is 3.86. The van der Waals surface area contributed by atoms with E-state index in [9.17, 15) is 0 Å². The molecule has 1 fully saturated rings. The Morgan fingerprint density at radius 2 is 2.25 bits per heavy atom. The molecular weight excluding hydrogens is 206 g/mol. The van der Waals surface area contributed by atoms with Crippen molar-refractivity contribution in [3.63, 3.8) is 0 Å². The Morgan fingerprint density at radius 1 is 1.50 bits per heavy atom. The van der Waals surface area contributed by atoms with Crippen LogP contribution in [0.15, 0.2) is 23.5 Å². The summed E-state index contributed by atoms with van der Waals surface area (Å²) in [6.45, 7) is 0. The number of aromatic nitrogens is 1.